The van der Waals surface area contributed by atoms with Gasteiger partial charge in [-0.15, -0.1) is 0 Å². The second kappa shape index (κ2) is 13.0. The van der Waals surface area contributed by atoms with Crippen LogP contribution < -0.4 is 0 Å². The Labute approximate surface area is 170 Å². The van der Waals surface area contributed by atoms with Crippen LogP contribution in [-0.2, 0) is 4.74 Å². The zero-order valence-electron chi connectivity index (χ0n) is 15.8. The molecule has 1 aromatic rings. The van der Waals surface area contributed by atoms with Gasteiger partial charge >= 0.3 is 0 Å². The number of aliphatic hydroxyl groups excluding tert-OH is 1. The van der Waals surface area contributed by atoms with E-state index in [1.807, 2.05) is 72.7 Å². The molecule has 0 bridgehead atoms. The van der Waals surface area contributed by atoms with E-state index in [0.717, 1.165) is 15.6 Å². The van der Waals surface area contributed by atoms with Crippen LogP contribution in [0.1, 0.15) is 18.9 Å². The van der Waals surface area contributed by atoms with Crippen molar-refractivity contribution < 1.29 is 9.84 Å². The van der Waals surface area contributed by atoms with Gasteiger partial charge < -0.3 is 14.7 Å². The summed E-state index contributed by atoms with van der Waals surface area (Å²) in [6, 6.07) is 7.92. The maximum atomic E-state index is 9.42. The Morgan fingerprint density at radius 1 is 1.30 bits per heavy atom. The lowest BCUT2D eigenvalue weighted by atomic mass is 10.2. The average Bonchev–Trinajstić information content (AvgIpc) is 2.67. The Kier molecular flexibility index (Phi) is 11.0. The second-order valence-electron chi connectivity index (χ2n) is 5.60. The molecule has 0 saturated heterocycles. The van der Waals surface area contributed by atoms with E-state index in [1.165, 1.54) is 7.11 Å². The summed E-state index contributed by atoms with van der Waals surface area (Å²) in [5.74, 6) is 0.397. The number of halogens is 1. The lowest BCUT2D eigenvalue weighted by Gasteiger charge is -2.16. The van der Waals surface area contributed by atoms with Crippen LogP contribution in [0.25, 0.3) is 6.08 Å². The minimum absolute atomic E-state index is 0.397. The van der Waals surface area contributed by atoms with E-state index in [-0.39, 0.29) is 0 Å². The molecule has 27 heavy (non-hydrogen) atoms. The van der Waals surface area contributed by atoms with Gasteiger partial charge in [0.25, 0.3) is 0 Å². The zero-order valence-corrected chi connectivity index (χ0v) is 17.4. The second-order valence-corrected chi connectivity index (χ2v) is 6.52. The lowest BCUT2D eigenvalue weighted by molar-refractivity contribution is -0.0702. The third-order valence-corrected chi connectivity index (χ3v) is 4.16. The summed E-state index contributed by atoms with van der Waals surface area (Å²) in [6.07, 6.45) is 14.3. The van der Waals surface area contributed by atoms with Crippen LogP contribution in [0.2, 0.25) is 0 Å². The molecule has 1 unspecified atom stereocenters. The van der Waals surface area contributed by atoms with Gasteiger partial charge in [0.05, 0.1) is 0 Å². The van der Waals surface area contributed by atoms with Gasteiger partial charge in [0.15, 0.2) is 6.29 Å². The molecule has 2 N–H and O–H groups in total. The summed E-state index contributed by atoms with van der Waals surface area (Å²) in [5.41, 5.74) is 1.95. The molecule has 0 amide bonds. The van der Waals surface area contributed by atoms with Crippen LogP contribution >= 0.6 is 15.9 Å². The molecule has 1 rings (SSSR count). The quantitative estimate of drug-likeness (QED) is 0.229. The predicted molar refractivity (Wildman–Crippen MR) is 117 cm³/mol. The third-order valence-electron chi connectivity index (χ3n) is 3.63. The van der Waals surface area contributed by atoms with Gasteiger partial charge in [-0.05, 0) is 42.3 Å². The summed E-state index contributed by atoms with van der Waals surface area (Å²) >= 11 is 3.41. The monoisotopic (exact) mass is 430 g/mol. The van der Waals surface area contributed by atoms with Crippen molar-refractivity contribution in [2.75, 3.05) is 13.7 Å². The number of benzene rings is 1. The lowest BCUT2D eigenvalue weighted by Crippen LogP contribution is -2.22. The van der Waals surface area contributed by atoms with Gasteiger partial charge in [0, 0.05) is 30.7 Å². The first-order valence-corrected chi connectivity index (χ1v) is 9.46. The molecule has 0 radical (unpaired) electrons. The Hall–Kier alpha value is -2.21. The molecule has 4 nitrogen and oxygen atoms in total. The van der Waals surface area contributed by atoms with Gasteiger partial charge in [0.1, 0.15) is 5.84 Å². The van der Waals surface area contributed by atoms with Crippen LogP contribution in [-0.4, -0.2) is 35.8 Å². The first-order chi connectivity index (χ1) is 13.0. The maximum absolute atomic E-state index is 9.42. The zero-order chi connectivity index (χ0) is 20.1. The fourth-order valence-corrected chi connectivity index (χ4v) is 2.36. The topological polar surface area (TPSA) is 56.6 Å². The summed E-state index contributed by atoms with van der Waals surface area (Å²) in [6.45, 7) is 6.39. The molecule has 0 aliphatic rings. The average molecular weight is 431 g/mol. The van der Waals surface area contributed by atoms with Gasteiger partial charge in [-0.25, -0.2) is 0 Å². The van der Waals surface area contributed by atoms with Gasteiger partial charge in [-0.2, -0.15) is 0 Å². The number of ether oxygens (including phenoxy) is 1. The molecule has 0 aliphatic heterocycles. The van der Waals surface area contributed by atoms with Crippen molar-refractivity contribution >= 4 is 27.8 Å². The molecule has 0 spiro atoms. The molecule has 144 valence electrons. The van der Waals surface area contributed by atoms with Gasteiger partial charge in [-0.3, -0.25) is 5.41 Å². The largest absolute Gasteiger partial charge is 0.368 e. The number of allylic oxidation sites excluding steroid dienone is 5. The molecule has 0 aromatic heterocycles. The van der Waals surface area contributed by atoms with E-state index < -0.39 is 6.29 Å². The van der Waals surface area contributed by atoms with Gasteiger partial charge in [0.2, 0.25) is 0 Å². The van der Waals surface area contributed by atoms with Crippen molar-refractivity contribution in [1.29, 1.82) is 5.41 Å². The maximum Gasteiger partial charge on any atom is 0.157 e. The minimum atomic E-state index is -0.806. The van der Waals surface area contributed by atoms with Crippen LogP contribution in [0.15, 0.2) is 83.5 Å². The van der Waals surface area contributed by atoms with Gasteiger partial charge in [-0.1, -0.05) is 65.0 Å². The highest BCUT2D eigenvalue weighted by atomic mass is 79.9. The summed E-state index contributed by atoms with van der Waals surface area (Å²) in [7, 11) is 1.46. The molecule has 0 aliphatic carbocycles. The standard InChI is InChI=1S/C22H27BrN2O2/c1-4-7-18(8-6-9-22(26)27-3)16-17-25(5-2)21(24)15-12-19-10-13-20(23)14-11-19/h4,6-8,10-17,22,24,26H,1,5,9H2,2-3H3/b8-6-,15-12+,17-16+,18-7+,24-21?. The Balaban J connectivity index is 2.77. The number of nitrogens with one attached hydrogen (secondary N) is 1. The van der Waals surface area contributed by atoms with Crippen molar-refractivity contribution in [3.63, 3.8) is 0 Å². The summed E-state index contributed by atoms with van der Waals surface area (Å²) in [5, 5.41) is 17.7. The number of hydrogen-bond donors (Lipinski definition) is 2. The first kappa shape index (κ1) is 22.8. The molecule has 1 aromatic carbocycles. The number of rotatable bonds is 10. The normalized spacial score (nSPS) is 13.6. The summed E-state index contributed by atoms with van der Waals surface area (Å²) in [4.78, 5) is 1.84. The van der Waals surface area contributed by atoms with Crippen LogP contribution in [0.4, 0.5) is 0 Å². The van der Waals surface area contributed by atoms with Crippen molar-refractivity contribution in [3.8, 4) is 0 Å². The van der Waals surface area contributed by atoms with E-state index in [0.29, 0.717) is 18.8 Å². The fraction of sp³-hybridized carbons (Fsp3) is 0.227. The minimum Gasteiger partial charge on any atom is -0.368 e. The van der Waals surface area contributed by atoms with E-state index in [2.05, 4.69) is 22.5 Å². The SMILES string of the molecule is C=C/C=C(\C=C/CC(O)OC)/C=C/N(CC)C(=N)/C=C/c1ccc(Br)cc1. The fourth-order valence-electron chi connectivity index (χ4n) is 2.10. The van der Waals surface area contributed by atoms with Crippen molar-refractivity contribution in [3.05, 3.63) is 89.1 Å². The first-order valence-electron chi connectivity index (χ1n) is 8.67. The van der Waals surface area contributed by atoms with E-state index in [1.54, 1.807) is 12.2 Å². The molecular formula is C22H27BrN2O2. The highest BCUT2D eigenvalue weighted by molar-refractivity contribution is 9.10. The molecule has 1 atom stereocenters. The number of aliphatic hydroxyl groups is 1. The number of methoxy groups -OCH3 is 1. The highest BCUT2D eigenvalue weighted by Gasteiger charge is 2.01. The molecular weight excluding hydrogens is 404 g/mol. The number of nitrogens with zero attached hydrogens (tertiary/aromatic N) is 1. The Bertz CT molecular complexity index is 718. The van der Waals surface area contributed by atoms with Crippen molar-refractivity contribution in [2.45, 2.75) is 19.6 Å². The molecule has 0 fully saturated rings. The van der Waals surface area contributed by atoms with Crippen molar-refractivity contribution in [1.82, 2.24) is 4.90 Å². The smallest absolute Gasteiger partial charge is 0.157 e. The van der Waals surface area contributed by atoms with Crippen LogP contribution in [0.3, 0.4) is 0 Å². The highest BCUT2D eigenvalue weighted by Crippen LogP contribution is 2.12. The Morgan fingerprint density at radius 2 is 2.00 bits per heavy atom. The number of hydrogen-bond acceptors (Lipinski definition) is 3. The third kappa shape index (κ3) is 9.33. The predicted octanol–water partition coefficient (Wildman–Crippen LogP) is 5.30. The summed E-state index contributed by atoms with van der Waals surface area (Å²) < 4.78 is 5.84. The number of likely N-dealkylation sites (N-methyl/N-ethyl adjacent to an activating group) is 1. The van der Waals surface area contributed by atoms with Crippen molar-refractivity contribution in [2.24, 2.45) is 0 Å². The number of amidine groups is 1. The van der Waals surface area contributed by atoms with E-state index in [4.69, 9.17) is 10.1 Å². The molecule has 0 heterocycles. The van der Waals surface area contributed by atoms with Crippen LogP contribution in [0, 0.1) is 5.41 Å². The van der Waals surface area contributed by atoms with E-state index >= 15 is 0 Å². The van der Waals surface area contributed by atoms with E-state index in [9.17, 15) is 5.11 Å². The Morgan fingerprint density at radius 3 is 2.59 bits per heavy atom. The van der Waals surface area contributed by atoms with Crippen LogP contribution in [0.5, 0.6) is 0 Å². The molecule has 0 saturated carbocycles. The molecule has 5 heteroatoms.